The van der Waals surface area contributed by atoms with Crippen LogP contribution in [0.3, 0.4) is 0 Å². The highest BCUT2D eigenvalue weighted by Gasteiger charge is 1.89. The van der Waals surface area contributed by atoms with Crippen LogP contribution in [-0.2, 0) is 0 Å². The van der Waals surface area contributed by atoms with Gasteiger partial charge in [-0.05, 0) is 29.8 Å². The Morgan fingerprint density at radius 2 is 2.25 bits per heavy atom. The number of allylic oxidation sites excluding steroid dienone is 1. The quantitative estimate of drug-likeness (QED) is 0.503. The van der Waals surface area contributed by atoms with Crippen LogP contribution in [-0.4, -0.2) is 5.04 Å². The first kappa shape index (κ1) is 8.24. The van der Waals surface area contributed by atoms with Crippen molar-refractivity contribution in [2.45, 2.75) is 13.8 Å². The lowest BCUT2D eigenvalue weighted by atomic mass is 10.8. The monoisotopic (exact) mass is 193 g/mol. The molecule has 0 aliphatic rings. The highest BCUT2D eigenvalue weighted by molar-refractivity contribution is 9.14. The molecule has 0 aliphatic heterocycles. The molecule has 0 amide bonds. The zero-order valence-corrected chi connectivity index (χ0v) is 7.27. The Morgan fingerprint density at radius 3 is 2.38 bits per heavy atom. The molecule has 1 N–H and O–H groups in total. The molecule has 0 aromatic carbocycles. The van der Waals surface area contributed by atoms with Gasteiger partial charge in [-0.15, -0.1) is 0 Å². The maximum absolute atomic E-state index is 7.02. The third kappa shape index (κ3) is 4.40. The van der Waals surface area contributed by atoms with Crippen LogP contribution in [0.1, 0.15) is 13.8 Å². The van der Waals surface area contributed by atoms with Crippen molar-refractivity contribution in [1.82, 2.24) is 0 Å². The highest BCUT2D eigenvalue weighted by Crippen LogP contribution is 2.21. The Morgan fingerprint density at radius 1 is 1.75 bits per heavy atom. The van der Waals surface area contributed by atoms with Crippen molar-refractivity contribution in [2.24, 2.45) is 0 Å². The second kappa shape index (κ2) is 4.15. The van der Waals surface area contributed by atoms with Gasteiger partial charge in [-0.1, -0.05) is 17.8 Å². The van der Waals surface area contributed by atoms with E-state index in [0.717, 1.165) is 3.81 Å². The summed E-state index contributed by atoms with van der Waals surface area (Å²) >= 11 is 4.68. The van der Waals surface area contributed by atoms with E-state index in [1.165, 1.54) is 11.8 Å². The van der Waals surface area contributed by atoms with E-state index in [1.807, 2.05) is 13.0 Å². The molecule has 0 spiro atoms. The van der Waals surface area contributed by atoms with Gasteiger partial charge >= 0.3 is 0 Å². The van der Waals surface area contributed by atoms with Crippen molar-refractivity contribution in [3.63, 3.8) is 0 Å². The van der Waals surface area contributed by atoms with Crippen molar-refractivity contribution < 1.29 is 0 Å². The molecular formula is C5H8BrNS. The Hall–Kier alpha value is 0.240. The third-order valence-electron chi connectivity index (χ3n) is 0.478. The van der Waals surface area contributed by atoms with Crippen LogP contribution in [0.25, 0.3) is 0 Å². The molecular weight excluding hydrogens is 186 g/mol. The van der Waals surface area contributed by atoms with Gasteiger partial charge in [0, 0.05) is 0 Å². The zero-order valence-electron chi connectivity index (χ0n) is 4.86. The van der Waals surface area contributed by atoms with E-state index in [1.54, 1.807) is 6.92 Å². The fourth-order valence-corrected chi connectivity index (χ4v) is 1.34. The molecule has 0 radical (unpaired) electrons. The maximum Gasteiger partial charge on any atom is 0.0663 e. The molecule has 0 aromatic rings. The predicted molar refractivity (Wildman–Crippen MR) is 43.7 cm³/mol. The molecule has 8 heavy (non-hydrogen) atoms. The molecule has 0 aliphatic carbocycles. The van der Waals surface area contributed by atoms with E-state index in [2.05, 4.69) is 15.9 Å². The summed E-state index contributed by atoms with van der Waals surface area (Å²) in [5.41, 5.74) is 0. The molecule has 0 bridgehead atoms. The van der Waals surface area contributed by atoms with E-state index in [-0.39, 0.29) is 0 Å². The highest BCUT2D eigenvalue weighted by atomic mass is 79.9. The molecule has 3 heteroatoms. The number of nitrogens with one attached hydrogen (secondary N) is 1. The van der Waals surface area contributed by atoms with Crippen LogP contribution in [0.4, 0.5) is 0 Å². The van der Waals surface area contributed by atoms with Crippen molar-refractivity contribution >= 4 is 32.7 Å². The largest absolute Gasteiger partial charge is 0.298 e. The summed E-state index contributed by atoms with van der Waals surface area (Å²) in [7, 11) is 0. The molecule has 0 heterocycles. The molecule has 46 valence electrons. The summed E-state index contributed by atoms with van der Waals surface area (Å²) in [5.74, 6) is 0. The SMILES string of the molecule is C/C=C(/Br)SC(C)=N. The van der Waals surface area contributed by atoms with Gasteiger partial charge in [-0.25, -0.2) is 0 Å². The van der Waals surface area contributed by atoms with Gasteiger partial charge in [0.1, 0.15) is 0 Å². The number of rotatable bonds is 1. The Kier molecular flexibility index (Phi) is 4.28. The summed E-state index contributed by atoms with van der Waals surface area (Å²) < 4.78 is 1.00. The van der Waals surface area contributed by atoms with Gasteiger partial charge < -0.3 is 0 Å². The lowest BCUT2D eigenvalue weighted by Crippen LogP contribution is -1.74. The van der Waals surface area contributed by atoms with Gasteiger partial charge in [-0.2, -0.15) is 0 Å². The number of halogens is 1. The van der Waals surface area contributed by atoms with Crippen LogP contribution in [0, 0.1) is 5.41 Å². The standard InChI is InChI=1S/C5H8BrNS/c1-3-5(6)8-4(2)7/h3,7H,1-2H3/b5-3-,7-4?. The predicted octanol–water partition coefficient (Wildman–Crippen LogP) is 2.97. The van der Waals surface area contributed by atoms with Crippen LogP contribution < -0.4 is 0 Å². The van der Waals surface area contributed by atoms with Gasteiger partial charge in [0.05, 0.1) is 8.86 Å². The summed E-state index contributed by atoms with van der Waals surface area (Å²) in [4.78, 5) is 0. The van der Waals surface area contributed by atoms with E-state index in [0.29, 0.717) is 5.04 Å². The van der Waals surface area contributed by atoms with E-state index < -0.39 is 0 Å². The minimum Gasteiger partial charge on any atom is -0.298 e. The first-order valence-electron chi connectivity index (χ1n) is 2.21. The first-order chi connectivity index (χ1) is 3.66. The van der Waals surface area contributed by atoms with Crippen molar-refractivity contribution in [3.05, 3.63) is 9.89 Å². The van der Waals surface area contributed by atoms with Crippen LogP contribution >= 0.6 is 27.7 Å². The first-order valence-corrected chi connectivity index (χ1v) is 3.82. The normalized spacial score (nSPS) is 11.6. The van der Waals surface area contributed by atoms with Gasteiger partial charge in [0.2, 0.25) is 0 Å². The summed E-state index contributed by atoms with van der Waals surface area (Å²) in [6.45, 7) is 3.69. The number of thioether (sulfide) groups is 1. The third-order valence-corrected chi connectivity index (χ3v) is 2.16. The second-order valence-corrected chi connectivity index (χ2v) is 3.89. The minimum absolute atomic E-state index is 0.606. The van der Waals surface area contributed by atoms with Gasteiger partial charge in [-0.3, -0.25) is 5.41 Å². The van der Waals surface area contributed by atoms with Crippen LogP contribution in [0.2, 0.25) is 0 Å². The van der Waals surface area contributed by atoms with Crippen LogP contribution in [0.5, 0.6) is 0 Å². The molecule has 0 rings (SSSR count). The van der Waals surface area contributed by atoms with Crippen LogP contribution in [0.15, 0.2) is 9.89 Å². The molecule has 0 fully saturated rings. The average molecular weight is 194 g/mol. The Balaban J connectivity index is 3.56. The Labute approximate surface area is 62.2 Å². The lowest BCUT2D eigenvalue weighted by molar-refractivity contribution is 1.54. The fourth-order valence-electron chi connectivity index (χ4n) is 0.205. The molecule has 0 saturated heterocycles. The van der Waals surface area contributed by atoms with Gasteiger partial charge in [0.25, 0.3) is 0 Å². The summed E-state index contributed by atoms with van der Waals surface area (Å²) in [6, 6.07) is 0. The second-order valence-electron chi connectivity index (χ2n) is 1.25. The number of hydrogen-bond acceptors (Lipinski definition) is 2. The molecule has 1 nitrogen and oxygen atoms in total. The summed E-state index contributed by atoms with van der Waals surface area (Å²) in [6.07, 6.45) is 1.92. The van der Waals surface area contributed by atoms with E-state index in [4.69, 9.17) is 5.41 Å². The van der Waals surface area contributed by atoms with Crippen molar-refractivity contribution in [3.8, 4) is 0 Å². The summed E-state index contributed by atoms with van der Waals surface area (Å²) in [5, 5.41) is 7.63. The molecule has 0 saturated carbocycles. The van der Waals surface area contributed by atoms with Crippen molar-refractivity contribution in [1.29, 1.82) is 5.41 Å². The number of hydrogen-bond donors (Lipinski definition) is 1. The zero-order chi connectivity index (χ0) is 6.57. The van der Waals surface area contributed by atoms with Gasteiger partial charge in [0.15, 0.2) is 0 Å². The smallest absolute Gasteiger partial charge is 0.0663 e. The maximum atomic E-state index is 7.02. The topological polar surface area (TPSA) is 23.9 Å². The minimum atomic E-state index is 0.606. The fraction of sp³-hybridized carbons (Fsp3) is 0.400. The molecule has 0 aromatic heterocycles. The van der Waals surface area contributed by atoms with E-state index in [9.17, 15) is 0 Å². The lowest BCUT2D eigenvalue weighted by Gasteiger charge is -1.91. The molecule has 0 unspecified atom stereocenters. The van der Waals surface area contributed by atoms with Crippen molar-refractivity contribution in [2.75, 3.05) is 0 Å². The molecule has 0 atom stereocenters. The average Bonchev–Trinajstić information content (AvgIpc) is 1.65. The van der Waals surface area contributed by atoms with E-state index >= 15 is 0 Å². The Bertz CT molecular complexity index is 120.